The first-order chi connectivity index (χ1) is 10.0. The Morgan fingerprint density at radius 3 is 2.57 bits per heavy atom. The number of nitrogens with two attached hydrogens (primary N) is 1. The average molecular weight is 306 g/mol. The summed E-state index contributed by atoms with van der Waals surface area (Å²) in [7, 11) is 0. The largest absolute Gasteiger partial charge is 0.326 e. The van der Waals surface area contributed by atoms with Gasteiger partial charge in [0.25, 0.3) is 0 Å². The number of halogens is 1. The molecule has 0 aliphatic rings. The zero-order chi connectivity index (χ0) is 15.2. The van der Waals surface area contributed by atoms with Gasteiger partial charge in [-0.3, -0.25) is 11.1 Å². The molecule has 21 heavy (non-hydrogen) atoms. The van der Waals surface area contributed by atoms with Gasteiger partial charge >= 0.3 is 0 Å². The molecule has 0 spiro atoms. The van der Waals surface area contributed by atoms with Crippen molar-refractivity contribution >= 4 is 17.5 Å². The van der Waals surface area contributed by atoms with Gasteiger partial charge in [0.05, 0.1) is 0 Å². The Balaban J connectivity index is 1.80. The molecular formula is C15H20ClN5. The van der Waals surface area contributed by atoms with E-state index in [1.807, 2.05) is 44.2 Å². The second kappa shape index (κ2) is 7.36. The highest BCUT2D eigenvalue weighted by molar-refractivity contribution is 6.30. The maximum atomic E-state index is 5.97. The highest BCUT2D eigenvalue weighted by Crippen LogP contribution is 2.10. The fourth-order valence-electron chi connectivity index (χ4n) is 2.05. The average Bonchev–Trinajstić information content (AvgIpc) is 2.37. The van der Waals surface area contributed by atoms with E-state index >= 15 is 0 Å². The monoisotopic (exact) mass is 305 g/mol. The van der Waals surface area contributed by atoms with Crippen molar-refractivity contribution < 1.29 is 0 Å². The van der Waals surface area contributed by atoms with Crippen molar-refractivity contribution in [3.8, 4) is 0 Å². The number of nitrogens with zero attached hydrogens (tertiary/aromatic N) is 2. The molecule has 2 rings (SSSR count). The summed E-state index contributed by atoms with van der Waals surface area (Å²) in [6.07, 6.45) is 0.453. The summed E-state index contributed by atoms with van der Waals surface area (Å²) in [5, 5.41) is 6.97. The van der Waals surface area contributed by atoms with E-state index in [2.05, 4.69) is 20.6 Å². The van der Waals surface area contributed by atoms with Crippen molar-refractivity contribution in [2.75, 3.05) is 11.9 Å². The van der Waals surface area contributed by atoms with Crippen LogP contribution >= 0.6 is 11.6 Å². The summed E-state index contributed by atoms with van der Waals surface area (Å²) in [4.78, 5) is 8.58. The Hall–Kier alpha value is -1.69. The van der Waals surface area contributed by atoms with Crippen LogP contribution in [0.2, 0.25) is 5.02 Å². The molecule has 112 valence electrons. The first-order valence-electron chi connectivity index (χ1n) is 6.85. The van der Waals surface area contributed by atoms with Crippen LogP contribution in [0.3, 0.4) is 0 Å². The van der Waals surface area contributed by atoms with Crippen molar-refractivity contribution in [2.45, 2.75) is 26.6 Å². The first kappa shape index (κ1) is 15.7. The van der Waals surface area contributed by atoms with Crippen LogP contribution in [0.1, 0.15) is 17.0 Å². The summed E-state index contributed by atoms with van der Waals surface area (Å²) >= 11 is 5.95. The molecule has 2 aromatic rings. The molecular weight excluding hydrogens is 286 g/mol. The molecule has 1 atom stereocenters. The highest BCUT2D eigenvalue weighted by Gasteiger charge is 2.05. The van der Waals surface area contributed by atoms with Crippen molar-refractivity contribution in [1.29, 1.82) is 0 Å². The number of hydrogen-bond donors (Lipinski definition) is 3. The number of aromatic nitrogens is 2. The van der Waals surface area contributed by atoms with Gasteiger partial charge in [-0.1, -0.05) is 23.7 Å². The van der Waals surface area contributed by atoms with Gasteiger partial charge in [0.2, 0.25) is 5.95 Å². The number of rotatable bonds is 6. The predicted molar refractivity (Wildman–Crippen MR) is 86.3 cm³/mol. The summed E-state index contributed by atoms with van der Waals surface area (Å²) in [6, 6.07) is 9.72. The normalized spacial score (nSPS) is 12.2. The number of nitrogens with one attached hydrogen (secondary N) is 2. The fourth-order valence-corrected chi connectivity index (χ4v) is 2.26. The lowest BCUT2D eigenvalue weighted by Crippen LogP contribution is -2.45. The molecule has 1 heterocycles. The SMILES string of the molecule is Cc1cc(C)nc(NC(N)NCCc2cccc(Cl)c2)n1. The number of aryl methyl sites for hydroxylation is 2. The minimum absolute atomic E-state index is 0.398. The summed E-state index contributed by atoms with van der Waals surface area (Å²) < 4.78 is 0. The lowest BCUT2D eigenvalue weighted by Gasteiger charge is -2.16. The van der Waals surface area contributed by atoms with Gasteiger partial charge in [0.15, 0.2) is 0 Å². The molecule has 6 heteroatoms. The van der Waals surface area contributed by atoms with E-state index in [4.69, 9.17) is 17.3 Å². The Labute approximate surface area is 129 Å². The molecule has 0 amide bonds. The van der Waals surface area contributed by atoms with Crippen molar-refractivity contribution in [3.05, 3.63) is 52.3 Å². The van der Waals surface area contributed by atoms with E-state index in [1.165, 1.54) is 5.56 Å². The minimum atomic E-state index is -0.398. The minimum Gasteiger partial charge on any atom is -0.326 e. The van der Waals surface area contributed by atoms with E-state index < -0.39 is 6.29 Å². The van der Waals surface area contributed by atoms with E-state index in [1.54, 1.807) is 0 Å². The molecule has 0 fully saturated rings. The van der Waals surface area contributed by atoms with Crippen LogP contribution in [-0.4, -0.2) is 22.8 Å². The third-order valence-corrected chi connectivity index (χ3v) is 3.17. The van der Waals surface area contributed by atoms with Gasteiger partial charge in [-0.05, 0) is 44.0 Å². The fraction of sp³-hybridized carbons (Fsp3) is 0.333. The topological polar surface area (TPSA) is 75.9 Å². The Morgan fingerprint density at radius 2 is 1.90 bits per heavy atom. The second-order valence-electron chi connectivity index (χ2n) is 4.93. The zero-order valence-corrected chi connectivity index (χ0v) is 13.0. The van der Waals surface area contributed by atoms with Crippen molar-refractivity contribution in [2.24, 2.45) is 5.73 Å². The highest BCUT2D eigenvalue weighted by atomic mass is 35.5. The predicted octanol–water partition coefficient (Wildman–Crippen LogP) is 2.23. The van der Waals surface area contributed by atoms with Crippen LogP contribution in [0.4, 0.5) is 5.95 Å². The molecule has 0 saturated carbocycles. The van der Waals surface area contributed by atoms with Crippen LogP contribution in [0.5, 0.6) is 0 Å². The Bertz CT molecular complexity index is 582. The maximum Gasteiger partial charge on any atom is 0.225 e. The van der Waals surface area contributed by atoms with E-state index in [0.29, 0.717) is 5.95 Å². The lowest BCUT2D eigenvalue weighted by molar-refractivity contribution is 0.576. The third kappa shape index (κ3) is 5.30. The van der Waals surface area contributed by atoms with Crippen molar-refractivity contribution in [1.82, 2.24) is 15.3 Å². The molecule has 0 bridgehead atoms. The summed E-state index contributed by atoms with van der Waals surface area (Å²) in [5.74, 6) is 0.537. The number of anilines is 1. The maximum absolute atomic E-state index is 5.97. The van der Waals surface area contributed by atoms with Crippen molar-refractivity contribution in [3.63, 3.8) is 0 Å². The molecule has 0 aliphatic carbocycles. The zero-order valence-electron chi connectivity index (χ0n) is 12.2. The molecule has 5 nitrogen and oxygen atoms in total. The van der Waals surface area contributed by atoms with Gasteiger partial charge < -0.3 is 5.32 Å². The first-order valence-corrected chi connectivity index (χ1v) is 7.23. The second-order valence-corrected chi connectivity index (χ2v) is 5.37. The number of hydrogen-bond acceptors (Lipinski definition) is 5. The molecule has 0 saturated heterocycles. The van der Waals surface area contributed by atoms with Gasteiger partial charge in [-0.2, -0.15) is 0 Å². The van der Waals surface area contributed by atoms with Crippen LogP contribution in [-0.2, 0) is 6.42 Å². The Morgan fingerprint density at radius 1 is 1.19 bits per heavy atom. The van der Waals surface area contributed by atoms with E-state index in [-0.39, 0.29) is 0 Å². The van der Waals surface area contributed by atoms with Crippen LogP contribution < -0.4 is 16.4 Å². The molecule has 1 aromatic heterocycles. The van der Waals surface area contributed by atoms with E-state index in [0.717, 1.165) is 29.4 Å². The van der Waals surface area contributed by atoms with Gasteiger partial charge in [0, 0.05) is 23.0 Å². The van der Waals surface area contributed by atoms with Crippen LogP contribution in [0, 0.1) is 13.8 Å². The van der Waals surface area contributed by atoms with Gasteiger partial charge in [0.1, 0.15) is 6.29 Å². The third-order valence-electron chi connectivity index (χ3n) is 2.93. The molecule has 1 unspecified atom stereocenters. The Kier molecular flexibility index (Phi) is 5.50. The van der Waals surface area contributed by atoms with Gasteiger partial charge in [-0.15, -0.1) is 0 Å². The van der Waals surface area contributed by atoms with E-state index in [9.17, 15) is 0 Å². The van der Waals surface area contributed by atoms with Crippen LogP contribution in [0.15, 0.2) is 30.3 Å². The quantitative estimate of drug-likeness (QED) is 0.714. The lowest BCUT2D eigenvalue weighted by atomic mass is 10.1. The molecule has 0 radical (unpaired) electrons. The van der Waals surface area contributed by atoms with Crippen LogP contribution in [0.25, 0.3) is 0 Å². The smallest absolute Gasteiger partial charge is 0.225 e. The standard InChI is InChI=1S/C15H20ClN5/c1-10-8-11(2)20-15(19-10)21-14(17)18-7-6-12-4-3-5-13(16)9-12/h3-5,8-9,14,18H,6-7,17H2,1-2H3,(H,19,20,21). The summed E-state index contributed by atoms with van der Waals surface area (Å²) in [6.45, 7) is 4.59. The molecule has 4 N–H and O–H groups in total. The number of benzene rings is 1. The molecule has 1 aromatic carbocycles. The summed E-state index contributed by atoms with van der Waals surface area (Å²) in [5.41, 5.74) is 8.97. The van der Waals surface area contributed by atoms with Gasteiger partial charge in [-0.25, -0.2) is 9.97 Å². The molecule has 0 aliphatic heterocycles.